The van der Waals surface area contributed by atoms with Crippen molar-refractivity contribution >= 4 is 29.0 Å². The van der Waals surface area contributed by atoms with Crippen LogP contribution in [-0.4, -0.2) is 11.1 Å². The number of nitrogens with zero attached hydrogens (tertiary/aromatic N) is 2. The lowest BCUT2D eigenvalue weighted by atomic mass is 10.2. The van der Waals surface area contributed by atoms with Crippen LogP contribution < -0.4 is 14.9 Å². The van der Waals surface area contributed by atoms with Crippen LogP contribution in [0.5, 0.6) is 0 Å². The van der Waals surface area contributed by atoms with Gasteiger partial charge in [0.05, 0.1) is 4.53 Å². The Kier molecular flexibility index (Phi) is 3.06. The molecule has 0 spiro atoms. The molecule has 92 valence electrons. The van der Waals surface area contributed by atoms with Gasteiger partial charge in [-0.05, 0) is 30.2 Å². The van der Waals surface area contributed by atoms with Crippen molar-refractivity contribution in [2.45, 2.75) is 13.0 Å². The Morgan fingerprint density at radius 1 is 1.33 bits per heavy atom. The molecule has 0 atom stereocenters. The second kappa shape index (κ2) is 4.71. The summed E-state index contributed by atoms with van der Waals surface area (Å²) in [7, 11) is 0. The van der Waals surface area contributed by atoms with E-state index in [4.69, 9.17) is 11.6 Å². The first-order valence-corrected chi connectivity index (χ1v) is 6.95. The molecule has 1 aliphatic heterocycles. The van der Waals surface area contributed by atoms with Crippen LogP contribution in [0.2, 0.25) is 5.02 Å². The Balaban J connectivity index is 2.16. The van der Waals surface area contributed by atoms with E-state index in [1.54, 1.807) is 4.57 Å². The molecule has 0 radical (unpaired) electrons. The number of halogens is 1. The SMILES string of the molecule is O=c1/c(=C\c2ccc(Cl)cc2)sc2n1CCCN=2. The Morgan fingerprint density at radius 2 is 2.11 bits per heavy atom. The maximum atomic E-state index is 12.1. The van der Waals surface area contributed by atoms with Gasteiger partial charge in [-0.3, -0.25) is 14.4 Å². The molecule has 0 unspecified atom stereocenters. The molecule has 1 aromatic carbocycles. The van der Waals surface area contributed by atoms with Crippen LogP contribution in [0.4, 0.5) is 0 Å². The van der Waals surface area contributed by atoms with E-state index in [1.165, 1.54) is 11.3 Å². The molecule has 0 saturated heterocycles. The van der Waals surface area contributed by atoms with Gasteiger partial charge in [-0.25, -0.2) is 0 Å². The van der Waals surface area contributed by atoms with Crippen LogP contribution in [0.25, 0.3) is 6.08 Å². The van der Waals surface area contributed by atoms with E-state index in [9.17, 15) is 4.79 Å². The van der Waals surface area contributed by atoms with Gasteiger partial charge in [0, 0.05) is 18.1 Å². The summed E-state index contributed by atoms with van der Waals surface area (Å²) < 4.78 is 2.49. The van der Waals surface area contributed by atoms with Gasteiger partial charge >= 0.3 is 0 Å². The van der Waals surface area contributed by atoms with E-state index >= 15 is 0 Å². The van der Waals surface area contributed by atoms with Crippen molar-refractivity contribution in [1.29, 1.82) is 0 Å². The molecule has 0 saturated carbocycles. The first-order valence-electron chi connectivity index (χ1n) is 5.75. The predicted octanol–water partition coefficient (Wildman–Crippen LogP) is 1.42. The molecular weight excluding hydrogens is 268 g/mol. The number of hydrogen-bond donors (Lipinski definition) is 0. The number of thiazole rings is 1. The Labute approximate surface area is 113 Å². The Hall–Kier alpha value is -1.39. The summed E-state index contributed by atoms with van der Waals surface area (Å²) in [5.74, 6) is 0. The molecule has 0 fully saturated rings. The number of aromatic nitrogens is 1. The molecule has 3 rings (SSSR count). The summed E-state index contributed by atoms with van der Waals surface area (Å²) in [5, 5.41) is 0.698. The fourth-order valence-corrected chi connectivity index (χ4v) is 3.09. The monoisotopic (exact) mass is 278 g/mol. The zero-order valence-electron chi connectivity index (χ0n) is 9.60. The molecule has 2 heterocycles. The molecule has 1 aliphatic rings. The van der Waals surface area contributed by atoms with E-state index in [-0.39, 0.29) is 5.56 Å². The van der Waals surface area contributed by atoms with Crippen molar-refractivity contribution in [3.05, 3.63) is 54.5 Å². The van der Waals surface area contributed by atoms with Gasteiger partial charge in [-0.15, -0.1) is 0 Å². The molecule has 2 aromatic rings. The van der Waals surface area contributed by atoms with Crippen LogP contribution >= 0.6 is 22.9 Å². The first kappa shape index (κ1) is 11.7. The van der Waals surface area contributed by atoms with Gasteiger partial charge in [0.2, 0.25) is 0 Å². The van der Waals surface area contributed by atoms with Crippen molar-refractivity contribution in [1.82, 2.24) is 4.57 Å². The minimum atomic E-state index is 0.0633. The van der Waals surface area contributed by atoms with Crippen LogP contribution in [-0.2, 0) is 6.54 Å². The second-order valence-electron chi connectivity index (χ2n) is 4.14. The summed E-state index contributed by atoms with van der Waals surface area (Å²) in [4.78, 5) is 17.4. The zero-order chi connectivity index (χ0) is 12.5. The number of hydrogen-bond acceptors (Lipinski definition) is 3. The van der Waals surface area contributed by atoms with Crippen LogP contribution in [0.15, 0.2) is 34.1 Å². The highest BCUT2D eigenvalue weighted by Crippen LogP contribution is 2.09. The summed E-state index contributed by atoms with van der Waals surface area (Å²) in [6.07, 6.45) is 2.84. The van der Waals surface area contributed by atoms with E-state index in [0.717, 1.165) is 34.4 Å². The minimum absolute atomic E-state index is 0.0633. The van der Waals surface area contributed by atoms with Crippen molar-refractivity contribution in [3.63, 3.8) is 0 Å². The number of fused-ring (bicyclic) bond motifs is 1. The Bertz CT molecular complexity index is 743. The third-order valence-electron chi connectivity index (χ3n) is 2.84. The van der Waals surface area contributed by atoms with Gasteiger partial charge < -0.3 is 0 Å². The lowest BCUT2D eigenvalue weighted by Gasteiger charge is -2.03. The highest BCUT2D eigenvalue weighted by Gasteiger charge is 2.08. The number of rotatable bonds is 1. The topological polar surface area (TPSA) is 34.4 Å². The zero-order valence-corrected chi connectivity index (χ0v) is 11.2. The van der Waals surface area contributed by atoms with E-state index in [1.807, 2.05) is 30.3 Å². The standard InChI is InChI=1S/C13H11ClN2OS/c14-10-4-2-9(3-5-10)8-11-12(17)16-7-1-6-15-13(16)18-11/h2-5,8H,1,6-7H2/b11-8+. The van der Waals surface area contributed by atoms with Crippen molar-refractivity contribution < 1.29 is 0 Å². The normalized spacial score (nSPS) is 15.3. The summed E-state index contributed by atoms with van der Waals surface area (Å²) >= 11 is 7.29. The van der Waals surface area contributed by atoms with Gasteiger partial charge in [0.1, 0.15) is 0 Å². The first-order chi connectivity index (χ1) is 8.74. The third kappa shape index (κ3) is 2.13. The Morgan fingerprint density at radius 3 is 2.83 bits per heavy atom. The molecule has 0 aliphatic carbocycles. The van der Waals surface area contributed by atoms with E-state index < -0.39 is 0 Å². The van der Waals surface area contributed by atoms with Gasteiger partial charge in [0.15, 0.2) is 4.80 Å². The lowest BCUT2D eigenvalue weighted by molar-refractivity contribution is 0.573. The highest BCUT2D eigenvalue weighted by atomic mass is 35.5. The minimum Gasteiger partial charge on any atom is -0.284 e. The van der Waals surface area contributed by atoms with Crippen LogP contribution in [0.1, 0.15) is 12.0 Å². The highest BCUT2D eigenvalue weighted by molar-refractivity contribution is 7.07. The fourth-order valence-electron chi connectivity index (χ4n) is 1.94. The van der Waals surface area contributed by atoms with Crippen molar-refractivity contribution in [2.75, 3.05) is 6.54 Å². The second-order valence-corrected chi connectivity index (χ2v) is 5.58. The van der Waals surface area contributed by atoms with Gasteiger partial charge in [0.25, 0.3) is 5.56 Å². The molecule has 0 amide bonds. The van der Waals surface area contributed by atoms with E-state index in [2.05, 4.69) is 4.99 Å². The lowest BCUT2D eigenvalue weighted by Crippen LogP contribution is -2.33. The predicted molar refractivity (Wildman–Crippen MR) is 73.9 cm³/mol. The molecule has 0 bridgehead atoms. The maximum Gasteiger partial charge on any atom is 0.270 e. The number of benzene rings is 1. The summed E-state index contributed by atoms with van der Waals surface area (Å²) in [6, 6.07) is 7.45. The molecular formula is C13H11ClN2OS. The fraction of sp³-hybridized carbons (Fsp3) is 0.231. The molecule has 18 heavy (non-hydrogen) atoms. The summed E-state index contributed by atoms with van der Waals surface area (Å²) in [5.41, 5.74) is 1.05. The van der Waals surface area contributed by atoms with Crippen molar-refractivity contribution in [3.8, 4) is 0 Å². The molecule has 5 heteroatoms. The largest absolute Gasteiger partial charge is 0.284 e. The molecule has 0 N–H and O–H groups in total. The molecule has 1 aromatic heterocycles. The smallest absolute Gasteiger partial charge is 0.270 e. The average Bonchev–Trinajstić information content (AvgIpc) is 2.70. The summed E-state index contributed by atoms with van der Waals surface area (Å²) in [6.45, 7) is 1.60. The van der Waals surface area contributed by atoms with E-state index in [0.29, 0.717) is 5.02 Å². The van der Waals surface area contributed by atoms with Crippen LogP contribution in [0.3, 0.4) is 0 Å². The quantitative estimate of drug-likeness (QED) is 0.777. The van der Waals surface area contributed by atoms with Crippen molar-refractivity contribution in [2.24, 2.45) is 4.99 Å². The average molecular weight is 279 g/mol. The maximum absolute atomic E-state index is 12.1. The van der Waals surface area contributed by atoms with Gasteiger partial charge in [-0.1, -0.05) is 35.1 Å². The molecule has 3 nitrogen and oxygen atoms in total. The third-order valence-corrected chi connectivity index (χ3v) is 4.14. The van der Waals surface area contributed by atoms with Crippen LogP contribution in [0, 0.1) is 0 Å². The van der Waals surface area contributed by atoms with Gasteiger partial charge in [-0.2, -0.15) is 0 Å².